The summed E-state index contributed by atoms with van der Waals surface area (Å²) in [6.07, 6.45) is 2.47. The molecule has 3 aromatic rings. The second-order valence-corrected chi connectivity index (χ2v) is 13.1. The third-order valence-electron chi connectivity index (χ3n) is 9.16. The number of hydrogen-bond donors (Lipinski definition) is 2. The number of fused-ring (bicyclic) bond motifs is 1. The Bertz CT molecular complexity index is 1580. The van der Waals surface area contributed by atoms with Crippen molar-refractivity contribution < 1.29 is 33.6 Å². The molecule has 3 aliphatic rings. The number of nitrogens with zero attached hydrogens (tertiary/aromatic N) is 2. The van der Waals surface area contributed by atoms with Crippen LogP contribution in [-0.4, -0.2) is 90.9 Å². The average Bonchev–Trinajstić information content (AvgIpc) is 3.67. The fourth-order valence-corrected chi connectivity index (χ4v) is 6.85. The van der Waals surface area contributed by atoms with Crippen LogP contribution < -0.4 is 24.3 Å². The molecule has 47 heavy (non-hydrogen) atoms. The molecule has 6 rings (SSSR count). The Morgan fingerprint density at radius 1 is 1.04 bits per heavy atom. The molecule has 1 spiro atoms. The average molecular weight is 664 g/mol. The van der Waals surface area contributed by atoms with Gasteiger partial charge in [-0.25, -0.2) is 0 Å². The maximum atomic E-state index is 13.6. The molecular weight excluding hydrogens is 622 g/mol. The van der Waals surface area contributed by atoms with Crippen LogP contribution in [0.1, 0.15) is 47.7 Å². The number of aliphatic hydroxyl groups excluding tert-OH is 1. The van der Waals surface area contributed by atoms with E-state index in [0.717, 1.165) is 60.0 Å². The van der Waals surface area contributed by atoms with Crippen LogP contribution >= 0.6 is 11.6 Å². The fraction of sp³-hybridized carbons (Fsp3) is 0.444. The van der Waals surface area contributed by atoms with Crippen LogP contribution in [0.15, 0.2) is 60.7 Å². The minimum Gasteiger partial charge on any atom is -0.497 e. The Morgan fingerprint density at radius 3 is 2.55 bits per heavy atom. The molecule has 0 aromatic heterocycles. The van der Waals surface area contributed by atoms with E-state index in [4.69, 9.17) is 30.5 Å². The quantitative estimate of drug-likeness (QED) is 0.309. The highest BCUT2D eigenvalue weighted by molar-refractivity contribution is 6.30. The summed E-state index contributed by atoms with van der Waals surface area (Å²) in [5, 5.41) is 14.6. The van der Waals surface area contributed by atoms with E-state index < -0.39 is 6.10 Å². The van der Waals surface area contributed by atoms with Gasteiger partial charge in [-0.3, -0.25) is 9.59 Å². The molecule has 3 aliphatic heterocycles. The van der Waals surface area contributed by atoms with Gasteiger partial charge in [0.1, 0.15) is 47.9 Å². The number of amides is 2. The molecule has 2 amide bonds. The SMILES string of the molecule is COc1ccc(COc2ccc(C(=O)N3CC[C@H](NC(C)=O)C3)c(OC[C@@H](O)CN3CCC4(CC3)Cc3cc(Cl)ccc3O4)c2)cc1. The van der Waals surface area contributed by atoms with Crippen molar-refractivity contribution in [3.05, 3.63) is 82.4 Å². The number of carbonyl (C=O) groups excluding carboxylic acids is 2. The van der Waals surface area contributed by atoms with Gasteiger partial charge in [-0.1, -0.05) is 23.7 Å². The summed E-state index contributed by atoms with van der Waals surface area (Å²) in [4.78, 5) is 29.1. The number of nitrogens with one attached hydrogen (secondary N) is 1. The van der Waals surface area contributed by atoms with Crippen LogP contribution in [0.2, 0.25) is 5.02 Å². The van der Waals surface area contributed by atoms with E-state index in [1.807, 2.05) is 42.5 Å². The summed E-state index contributed by atoms with van der Waals surface area (Å²) in [6, 6.07) is 18.5. The van der Waals surface area contributed by atoms with Gasteiger partial charge in [0.15, 0.2) is 0 Å². The number of benzene rings is 3. The fourth-order valence-electron chi connectivity index (χ4n) is 6.66. The molecule has 10 nitrogen and oxygen atoms in total. The van der Waals surface area contributed by atoms with Crippen molar-refractivity contribution in [2.24, 2.45) is 0 Å². The largest absolute Gasteiger partial charge is 0.497 e. The van der Waals surface area contributed by atoms with Crippen LogP contribution in [0.25, 0.3) is 0 Å². The maximum Gasteiger partial charge on any atom is 0.257 e. The van der Waals surface area contributed by atoms with Gasteiger partial charge in [0.2, 0.25) is 5.91 Å². The summed E-state index contributed by atoms with van der Waals surface area (Å²) in [7, 11) is 1.62. The molecule has 250 valence electrons. The van der Waals surface area contributed by atoms with E-state index in [9.17, 15) is 14.7 Å². The summed E-state index contributed by atoms with van der Waals surface area (Å²) >= 11 is 6.20. The van der Waals surface area contributed by atoms with Crippen LogP contribution in [-0.2, 0) is 17.8 Å². The standard InChI is InChI=1S/C36H42ClN3O7/c1-24(41)38-28-11-14-40(20-28)35(43)32-9-8-31(45-22-25-3-6-30(44-2)7-4-25)18-34(32)46-23-29(42)21-39-15-12-36(13-16-39)19-26-17-27(37)5-10-33(26)47-36/h3-10,17-18,28-29,42H,11-16,19-23H2,1-2H3,(H,38,41)/t28-,29-/m0/s1. The first-order valence-corrected chi connectivity index (χ1v) is 16.5. The minimum absolute atomic E-state index is 0.0127. The van der Waals surface area contributed by atoms with Crippen LogP contribution in [0.3, 0.4) is 0 Å². The Hall–Kier alpha value is -3.99. The smallest absolute Gasteiger partial charge is 0.257 e. The van der Waals surface area contributed by atoms with Crippen molar-refractivity contribution in [1.82, 2.24) is 15.1 Å². The van der Waals surface area contributed by atoms with Gasteiger partial charge in [-0.05, 0) is 60.0 Å². The first-order chi connectivity index (χ1) is 22.7. The lowest BCUT2D eigenvalue weighted by Crippen LogP contribution is -2.49. The van der Waals surface area contributed by atoms with Crippen LogP contribution in [0.5, 0.6) is 23.0 Å². The number of likely N-dealkylation sites (tertiary alicyclic amines) is 2. The lowest BCUT2D eigenvalue weighted by molar-refractivity contribution is -0.119. The first-order valence-electron chi connectivity index (χ1n) is 16.2. The number of aliphatic hydroxyl groups is 1. The number of β-amino-alcohol motifs (C(OH)–C–C–N with tert-alkyl or cyclic N) is 1. The van der Waals surface area contributed by atoms with E-state index in [-0.39, 0.29) is 30.1 Å². The number of carbonyl (C=O) groups is 2. The van der Waals surface area contributed by atoms with Crippen molar-refractivity contribution >= 4 is 23.4 Å². The number of piperidine rings is 1. The van der Waals surface area contributed by atoms with Crippen LogP contribution in [0.4, 0.5) is 0 Å². The topological polar surface area (TPSA) is 110 Å². The number of halogens is 1. The van der Waals surface area contributed by atoms with Gasteiger partial charge in [-0.2, -0.15) is 0 Å². The summed E-state index contributed by atoms with van der Waals surface area (Å²) < 4.78 is 23.8. The molecule has 0 saturated carbocycles. The molecule has 0 aliphatic carbocycles. The van der Waals surface area contributed by atoms with Crippen molar-refractivity contribution in [1.29, 1.82) is 0 Å². The first kappa shape index (κ1) is 32.9. The van der Waals surface area contributed by atoms with Gasteiger partial charge in [0, 0.05) is 76.0 Å². The van der Waals surface area contributed by atoms with Gasteiger partial charge in [0.25, 0.3) is 5.91 Å². The second-order valence-electron chi connectivity index (χ2n) is 12.7. The lowest BCUT2D eigenvalue weighted by atomic mass is 9.87. The Balaban J connectivity index is 1.07. The number of methoxy groups -OCH3 is 1. The normalized spacial score (nSPS) is 19.1. The van der Waals surface area contributed by atoms with Gasteiger partial charge in [-0.15, -0.1) is 0 Å². The third-order valence-corrected chi connectivity index (χ3v) is 9.40. The Morgan fingerprint density at radius 2 is 1.81 bits per heavy atom. The van der Waals surface area contributed by atoms with E-state index in [2.05, 4.69) is 10.2 Å². The zero-order valence-corrected chi connectivity index (χ0v) is 27.6. The highest BCUT2D eigenvalue weighted by atomic mass is 35.5. The van der Waals surface area contributed by atoms with Crippen molar-refractivity contribution in [2.45, 2.75) is 57.0 Å². The molecule has 3 heterocycles. The van der Waals surface area contributed by atoms with Crippen LogP contribution in [0, 0.1) is 0 Å². The molecule has 0 radical (unpaired) electrons. The molecule has 2 N–H and O–H groups in total. The summed E-state index contributed by atoms with van der Waals surface area (Å²) in [5.74, 6) is 2.26. The summed E-state index contributed by atoms with van der Waals surface area (Å²) in [6.45, 7) is 4.79. The predicted molar refractivity (Wildman–Crippen MR) is 178 cm³/mol. The molecule has 2 saturated heterocycles. The van der Waals surface area contributed by atoms with Gasteiger partial charge < -0.3 is 39.2 Å². The lowest BCUT2D eigenvalue weighted by Gasteiger charge is -2.39. The highest BCUT2D eigenvalue weighted by Crippen LogP contribution is 2.42. The van der Waals surface area contributed by atoms with E-state index in [1.54, 1.807) is 30.2 Å². The van der Waals surface area contributed by atoms with Crippen molar-refractivity contribution in [3.8, 4) is 23.0 Å². The van der Waals surface area contributed by atoms with E-state index in [0.29, 0.717) is 49.7 Å². The van der Waals surface area contributed by atoms with Gasteiger partial charge in [0.05, 0.1) is 12.7 Å². The zero-order chi connectivity index (χ0) is 33.0. The minimum atomic E-state index is -0.771. The summed E-state index contributed by atoms with van der Waals surface area (Å²) in [5.41, 5.74) is 2.28. The zero-order valence-electron chi connectivity index (χ0n) is 26.9. The highest BCUT2D eigenvalue weighted by Gasteiger charge is 2.42. The monoisotopic (exact) mass is 663 g/mol. The van der Waals surface area contributed by atoms with E-state index in [1.165, 1.54) is 6.92 Å². The molecule has 0 unspecified atom stereocenters. The third kappa shape index (κ3) is 8.12. The second kappa shape index (κ2) is 14.4. The molecular formula is C36H42ClN3O7. The number of ether oxygens (including phenoxy) is 4. The Kier molecular flexibility index (Phi) is 10.1. The van der Waals surface area contributed by atoms with Crippen molar-refractivity contribution in [2.75, 3.05) is 46.4 Å². The molecule has 0 bridgehead atoms. The number of rotatable bonds is 11. The number of hydrogen-bond acceptors (Lipinski definition) is 8. The maximum absolute atomic E-state index is 13.6. The molecule has 3 aromatic carbocycles. The van der Waals surface area contributed by atoms with E-state index >= 15 is 0 Å². The molecule has 11 heteroatoms. The molecule has 2 atom stereocenters. The van der Waals surface area contributed by atoms with Gasteiger partial charge >= 0.3 is 0 Å². The molecule has 2 fully saturated rings. The Labute approximate surface area is 280 Å². The van der Waals surface area contributed by atoms with Crippen molar-refractivity contribution in [3.63, 3.8) is 0 Å². The predicted octanol–water partition coefficient (Wildman–Crippen LogP) is 4.49.